The quantitative estimate of drug-likeness (QED) is 0.776. The van der Waals surface area contributed by atoms with Crippen LogP contribution in [0.1, 0.15) is 36.2 Å². The van der Waals surface area contributed by atoms with Gasteiger partial charge < -0.3 is 15.7 Å². The van der Waals surface area contributed by atoms with Crippen LogP contribution in [0.5, 0.6) is 0 Å². The molecular weight excluding hydrogens is 256 g/mol. The average molecular weight is 276 g/mol. The highest BCUT2D eigenvalue weighted by molar-refractivity contribution is 5.98. The summed E-state index contributed by atoms with van der Waals surface area (Å²) in [6.45, 7) is 3.82. The minimum atomic E-state index is -0.252. The van der Waals surface area contributed by atoms with Gasteiger partial charge in [0.15, 0.2) is 0 Å². The summed E-state index contributed by atoms with van der Waals surface area (Å²) >= 11 is 0. The van der Waals surface area contributed by atoms with Crippen molar-refractivity contribution in [2.75, 3.05) is 11.9 Å². The van der Waals surface area contributed by atoms with Gasteiger partial charge in [0.2, 0.25) is 5.91 Å². The molecule has 5 heteroatoms. The molecule has 0 fully saturated rings. The molecule has 1 heterocycles. The second-order valence-electron chi connectivity index (χ2n) is 5.43. The van der Waals surface area contributed by atoms with Gasteiger partial charge in [-0.2, -0.15) is 0 Å². The van der Waals surface area contributed by atoms with E-state index in [0.29, 0.717) is 18.4 Å². The van der Waals surface area contributed by atoms with Gasteiger partial charge in [-0.15, -0.1) is 0 Å². The summed E-state index contributed by atoms with van der Waals surface area (Å²) in [7, 11) is 0. The van der Waals surface area contributed by atoms with Crippen molar-refractivity contribution in [1.29, 1.82) is 0 Å². The number of aliphatic hydroxyl groups is 1. The van der Waals surface area contributed by atoms with E-state index in [4.69, 9.17) is 0 Å². The molecule has 2 amide bonds. The zero-order valence-electron chi connectivity index (χ0n) is 11.8. The number of nitrogens with one attached hydrogen (secondary N) is 2. The summed E-state index contributed by atoms with van der Waals surface area (Å²) in [5.74, 6) is -0.0202. The highest BCUT2D eigenvalue weighted by Gasteiger charge is 2.19. The van der Waals surface area contributed by atoms with E-state index < -0.39 is 0 Å². The first-order valence-electron chi connectivity index (χ1n) is 6.85. The number of hydrogen-bond acceptors (Lipinski definition) is 3. The third kappa shape index (κ3) is 3.17. The van der Waals surface area contributed by atoms with Crippen LogP contribution >= 0.6 is 0 Å². The van der Waals surface area contributed by atoms with Crippen LogP contribution in [-0.2, 0) is 11.2 Å². The van der Waals surface area contributed by atoms with Crippen molar-refractivity contribution in [2.24, 2.45) is 5.92 Å². The molecule has 0 aromatic heterocycles. The van der Waals surface area contributed by atoms with Gasteiger partial charge in [0.25, 0.3) is 5.91 Å². The molecule has 1 aliphatic rings. The van der Waals surface area contributed by atoms with Gasteiger partial charge in [0.1, 0.15) is 0 Å². The van der Waals surface area contributed by atoms with E-state index in [0.717, 1.165) is 11.3 Å². The predicted molar refractivity (Wildman–Crippen MR) is 76.6 cm³/mol. The van der Waals surface area contributed by atoms with Crippen molar-refractivity contribution in [3.8, 4) is 0 Å². The molecule has 0 spiro atoms. The van der Waals surface area contributed by atoms with E-state index in [9.17, 15) is 14.7 Å². The van der Waals surface area contributed by atoms with E-state index in [1.807, 2.05) is 13.8 Å². The second kappa shape index (κ2) is 6.05. The predicted octanol–water partition coefficient (Wildman–Crippen LogP) is 1.32. The first-order chi connectivity index (χ1) is 9.51. The maximum Gasteiger partial charge on any atom is 0.251 e. The summed E-state index contributed by atoms with van der Waals surface area (Å²) in [5.41, 5.74) is 2.31. The molecule has 108 valence electrons. The Morgan fingerprint density at radius 2 is 2.15 bits per heavy atom. The largest absolute Gasteiger partial charge is 0.394 e. The second-order valence-corrected chi connectivity index (χ2v) is 5.43. The van der Waals surface area contributed by atoms with Crippen LogP contribution in [0.3, 0.4) is 0 Å². The molecule has 0 radical (unpaired) electrons. The molecule has 5 nitrogen and oxygen atoms in total. The summed E-state index contributed by atoms with van der Waals surface area (Å²) in [6.07, 6.45) is 1.10. The number of aryl methyl sites for hydroxylation is 1. The first kappa shape index (κ1) is 14.5. The Hall–Kier alpha value is -1.88. The smallest absolute Gasteiger partial charge is 0.251 e. The molecule has 3 N–H and O–H groups in total. The van der Waals surface area contributed by atoms with Crippen LogP contribution in [-0.4, -0.2) is 29.6 Å². The Morgan fingerprint density at radius 3 is 2.80 bits per heavy atom. The molecular formula is C15H20N2O3. The van der Waals surface area contributed by atoms with Crippen molar-refractivity contribution in [2.45, 2.75) is 32.7 Å². The lowest BCUT2D eigenvalue weighted by Gasteiger charge is -2.21. The Balaban J connectivity index is 2.13. The van der Waals surface area contributed by atoms with Gasteiger partial charge in [-0.1, -0.05) is 13.8 Å². The maximum absolute atomic E-state index is 12.2. The molecule has 1 aliphatic heterocycles. The molecule has 0 saturated carbocycles. The highest BCUT2D eigenvalue weighted by atomic mass is 16.3. The SMILES string of the molecule is CC(C)C(CO)NC(=O)c1ccc2c(c1)CCC(=O)N2. The molecule has 0 aliphatic carbocycles. The lowest BCUT2D eigenvalue weighted by atomic mass is 9.99. The van der Waals surface area contributed by atoms with Crippen LogP contribution in [0.15, 0.2) is 18.2 Å². The van der Waals surface area contributed by atoms with E-state index in [-0.39, 0.29) is 30.4 Å². The van der Waals surface area contributed by atoms with Crippen LogP contribution in [0.25, 0.3) is 0 Å². The number of aliphatic hydroxyl groups excluding tert-OH is 1. The van der Waals surface area contributed by atoms with E-state index in [2.05, 4.69) is 10.6 Å². The molecule has 1 atom stereocenters. The Kier molecular flexibility index (Phi) is 4.39. The van der Waals surface area contributed by atoms with Gasteiger partial charge >= 0.3 is 0 Å². The third-order valence-electron chi connectivity index (χ3n) is 3.58. The van der Waals surface area contributed by atoms with E-state index in [1.165, 1.54) is 0 Å². The van der Waals surface area contributed by atoms with Gasteiger partial charge in [0, 0.05) is 17.7 Å². The van der Waals surface area contributed by atoms with Crippen molar-refractivity contribution in [3.05, 3.63) is 29.3 Å². The Morgan fingerprint density at radius 1 is 1.40 bits per heavy atom. The number of amides is 2. The van der Waals surface area contributed by atoms with Crippen LogP contribution < -0.4 is 10.6 Å². The minimum absolute atomic E-state index is 0.00912. The lowest BCUT2D eigenvalue weighted by Crippen LogP contribution is -2.41. The summed E-state index contributed by atoms with van der Waals surface area (Å²) in [4.78, 5) is 23.4. The topological polar surface area (TPSA) is 78.4 Å². The van der Waals surface area contributed by atoms with Crippen LogP contribution in [0.4, 0.5) is 5.69 Å². The molecule has 1 unspecified atom stereocenters. The first-order valence-corrected chi connectivity index (χ1v) is 6.85. The van der Waals surface area contributed by atoms with Gasteiger partial charge in [-0.3, -0.25) is 9.59 Å². The molecule has 1 aromatic rings. The zero-order chi connectivity index (χ0) is 14.7. The van der Waals surface area contributed by atoms with E-state index >= 15 is 0 Å². The zero-order valence-corrected chi connectivity index (χ0v) is 11.8. The van der Waals surface area contributed by atoms with Gasteiger partial charge in [0.05, 0.1) is 12.6 Å². The van der Waals surface area contributed by atoms with Crippen molar-refractivity contribution in [3.63, 3.8) is 0 Å². The molecule has 20 heavy (non-hydrogen) atoms. The summed E-state index contributed by atoms with van der Waals surface area (Å²) in [6, 6.07) is 5.00. The summed E-state index contributed by atoms with van der Waals surface area (Å²) in [5, 5.41) is 14.9. The Labute approximate surface area is 118 Å². The number of carbonyl (C=O) groups is 2. The number of fused-ring (bicyclic) bond motifs is 1. The molecule has 0 bridgehead atoms. The number of carbonyl (C=O) groups excluding carboxylic acids is 2. The van der Waals surface area contributed by atoms with Gasteiger partial charge in [-0.25, -0.2) is 0 Å². The van der Waals surface area contributed by atoms with Crippen molar-refractivity contribution >= 4 is 17.5 Å². The monoisotopic (exact) mass is 276 g/mol. The fourth-order valence-corrected chi connectivity index (χ4v) is 2.20. The van der Waals surface area contributed by atoms with Crippen LogP contribution in [0, 0.1) is 5.92 Å². The Bertz CT molecular complexity index is 526. The number of hydrogen-bond donors (Lipinski definition) is 3. The fourth-order valence-electron chi connectivity index (χ4n) is 2.20. The fraction of sp³-hybridized carbons (Fsp3) is 0.467. The molecule has 2 rings (SSSR count). The summed E-state index contributed by atoms with van der Waals surface area (Å²) < 4.78 is 0. The maximum atomic E-state index is 12.2. The number of benzene rings is 1. The highest BCUT2D eigenvalue weighted by Crippen LogP contribution is 2.23. The number of anilines is 1. The molecule has 0 saturated heterocycles. The van der Waals surface area contributed by atoms with E-state index in [1.54, 1.807) is 18.2 Å². The number of rotatable bonds is 4. The minimum Gasteiger partial charge on any atom is -0.394 e. The average Bonchev–Trinajstić information content (AvgIpc) is 2.43. The van der Waals surface area contributed by atoms with Crippen LogP contribution in [0.2, 0.25) is 0 Å². The third-order valence-corrected chi connectivity index (χ3v) is 3.58. The standard InChI is InChI=1S/C15H20N2O3/c1-9(2)13(8-18)17-15(20)11-3-5-12-10(7-11)4-6-14(19)16-12/h3,5,7,9,13,18H,4,6,8H2,1-2H3,(H,16,19)(H,17,20). The van der Waals surface area contributed by atoms with Crippen molar-refractivity contribution in [1.82, 2.24) is 5.32 Å². The normalized spacial score (nSPS) is 15.5. The van der Waals surface area contributed by atoms with Gasteiger partial charge in [-0.05, 0) is 36.1 Å². The lowest BCUT2D eigenvalue weighted by molar-refractivity contribution is -0.116. The molecule has 1 aromatic carbocycles. The van der Waals surface area contributed by atoms with Crippen molar-refractivity contribution < 1.29 is 14.7 Å².